The molecule has 0 spiro atoms. The summed E-state index contributed by atoms with van der Waals surface area (Å²) in [6.07, 6.45) is 2.49. The van der Waals surface area contributed by atoms with Crippen LogP contribution in [0.15, 0.2) is 59.5 Å². The van der Waals surface area contributed by atoms with E-state index in [0.29, 0.717) is 35.7 Å². The Morgan fingerprint density at radius 1 is 1.18 bits per heavy atom. The van der Waals surface area contributed by atoms with Crippen LogP contribution in [0.2, 0.25) is 5.02 Å². The van der Waals surface area contributed by atoms with Crippen molar-refractivity contribution in [2.24, 2.45) is 0 Å². The third kappa shape index (κ3) is 3.92. The van der Waals surface area contributed by atoms with Crippen LogP contribution in [-0.2, 0) is 17.8 Å². The second kappa shape index (κ2) is 7.86. The number of fused-ring (bicyclic) bond motifs is 2. The number of H-pyrrole nitrogens is 1. The molecule has 2 aromatic carbocycles. The van der Waals surface area contributed by atoms with Gasteiger partial charge in [0.05, 0.1) is 11.0 Å². The standard InChI is InChI=1S/C21H19ClN4O2/c22-15-6-5-14-9-11-26(19(14)13-15)12-10-23-20(27)8-7-18-21(28)25-17-4-2-1-3-16(17)24-18/h1-6,9,11,13H,7-8,10,12H2,(H,23,27)(H,25,28). The molecule has 4 aromatic rings. The molecule has 2 aromatic heterocycles. The molecule has 142 valence electrons. The number of hydrogen-bond donors (Lipinski definition) is 2. The molecule has 0 unspecified atom stereocenters. The fourth-order valence-corrected chi connectivity index (χ4v) is 3.39. The van der Waals surface area contributed by atoms with Gasteiger partial charge in [-0.15, -0.1) is 0 Å². The van der Waals surface area contributed by atoms with Crippen LogP contribution < -0.4 is 10.9 Å². The highest BCUT2D eigenvalue weighted by Crippen LogP contribution is 2.20. The van der Waals surface area contributed by atoms with Crippen molar-refractivity contribution in [2.75, 3.05) is 6.54 Å². The number of nitrogens with one attached hydrogen (secondary N) is 2. The predicted octanol–water partition coefficient (Wildman–Crippen LogP) is 3.28. The van der Waals surface area contributed by atoms with E-state index in [-0.39, 0.29) is 17.9 Å². The van der Waals surface area contributed by atoms with E-state index in [9.17, 15) is 9.59 Å². The zero-order valence-corrected chi connectivity index (χ0v) is 15.9. The van der Waals surface area contributed by atoms with Crippen molar-refractivity contribution in [2.45, 2.75) is 19.4 Å². The normalized spacial score (nSPS) is 11.2. The Bertz CT molecular complexity index is 1210. The van der Waals surface area contributed by atoms with Gasteiger partial charge in [0, 0.05) is 42.7 Å². The summed E-state index contributed by atoms with van der Waals surface area (Å²) < 4.78 is 2.05. The lowest BCUT2D eigenvalue weighted by Gasteiger charge is -2.08. The van der Waals surface area contributed by atoms with Gasteiger partial charge in [-0.25, -0.2) is 4.98 Å². The van der Waals surface area contributed by atoms with Crippen LogP contribution in [0.5, 0.6) is 0 Å². The van der Waals surface area contributed by atoms with Gasteiger partial charge in [0.25, 0.3) is 5.56 Å². The molecule has 0 aliphatic heterocycles. The SMILES string of the molecule is O=C(CCc1nc2ccccc2[nH]c1=O)NCCn1ccc2ccc(Cl)cc21. The summed E-state index contributed by atoms with van der Waals surface area (Å²) in [6.45, 7) is 1.14. The molecule has 1 amide bonds. The molecule has 0 saturated heterocycles. The minimum Gasteiger partial charge on any atom is -0.354 e. The van der Waals surface area contributed by atoms with Crippen LogP contribution in [0.3, 0.4) is 0 Å². The van der Waals surface area contributed by atoms with Crippen molar-refractivity contribution >= 4 is 39.4 Å². The Balaban J connectivity index is 1.33. The van der Waals surface area contributed by atoms with E-state index in [1.54, 1.807) is 6.07 Å². The lowest BCUT2D eigenvalue weighted by molar-refractivity contribution is -0.121. The van der Waals surface area contributed by atoms with E-state index in [1.807, 2.05) is 48.7 Å². The number of carbonyl (C=O) groups is 1. The van der Waals surface area contributed by atoms with Crippen molar-refractivity contribution in [1.29, 1.82) is 0 Å². The predicted molar refractivity (Wildman–Crippen MR) is 111 cm³/mol. The zero-order valence-electron chi connectivity index (χ0n) is 15.1. The smallest absolute Gasteiger partial charge is 0.270 e. The van der Waals surface area contributed by atoms with Crippen LogP contribution in [0.1, 0.15) is 12.1 Å². The number of rotatable bonds is 6. The quantitative estimate of drug-likeness (QED) is 0.526. The maximum absolute atomic E-state index is 12.2. The number of amides is 1. The number of carbonyl (C=O) groups excluding carboxylic acids is 1. The van der Waals surface area contributed by atoms with Crippen LogP contribution in [0, 0.1) is 0 Å². The fourth-order valence-electron chi connectivity index (χ4n) is 3.23. The second-order valence-corrected chi connectivity index (χ2v) is 7.03. The highest BCUT2D eigenvalue weighted by molar-refractivity contribution is 6.31. The van der Waals surface area contributed by atoms with Gasteiger partial charge in [0.1, 0.15) is 5.69 Å². The average molecular weight is 395 g/mol. The van der Waals surface area contributed by atoms with Crippen molar-refractivity contribution in [1.82, 2.24) is 19.9 Å². The third-order valence-corrected chi connectivity index (χ3v) is 4.90. The number of halogens is 1. The Morgan fingerprint density at radius 2 is 2.04 bits per heavy atom. The van der Waals surface area contributed by atoms with Crippen LogP contribution in [-0.4, -0.2) is 27.0 Å². The number of para-hydroxylation sites is 2. The second-order valence-electron chi connectivity index (χ2n) is 6.59. The molecule has 2 N–H and O–H groups in total. The summed E-state index contributed by atoms with van der Waals surface area (Å²) in [5, 5.41) is 4.69. The topological polar surface area (TPSA) is 79.8 Å². The van der Waals surface area contributed by atoms with Gasteiger partial charge in [-0.05, 0) is 35.7 Å². The molecular weight excluding hydrogens is 376 g/mol. The maximum atomic E-state index is 12.2. The number of benzene rings is 2. The zero-order chi connectivity index (χ0) is 19.5. The number of aromatic amines is 1. The largest absolute Gasteiger partial charge is 0.354 e. The maximum Gasteiger partial charge on any atom is 0.270 e. The van der Waals surface area contributed by atoms with Gasteiger partial charge in [0.2, 0.25) is 5.91 Å². The molecule has 0 fully saturated rings. The van der Waals surface area contributed by atoms with Crippen molar-refractivity contribution < 1.29 is 4.79 Å². The summed E-state index contributed by atoms with van der Waals surface area (Å²) in [5.74, 6) is -0.108. The van der Waals surface area contributed by atoms with E-state index >= 15 is 0 Å². The average Bonchev–Trinajstić information content (AvgIpc) is 3.08. The van der Waals surface area contributed by atoms with Crippen LogP contribution in [0.25, 0.3) is 21.9 Å². The molecule has 0 aliphatic rings. The lowest BCUT2D eigenvalue weighted by Crippen LogP contribution is -2.28. The number of aromatic nitrogens is 3. The molecule has 4 rings (SSSR count). The van der Waals surface area contributed by atoms with Gasteiger partial charge in [0.15, 0.2) is 0 Å². The number of nitrogens with zero attached hydrogens (tertiary/aromatic N) is 2. The molecule has 7 heteroatoms. The summed E-state index contributed by atoms with van der Waals surface area (Å²) in [4.78, 5) is 31.4. The van der Waals surface area contributed by atoms with E-state index in [1.165, 1.54) is 0 Å². The Hall–Kier alpha value is -3.12. The highest BCUT2D eigenvalue weighted by atomic mass is 35.5. The Morgan fingerprint density at radius 3 is 2.93 bits per heavy atom. The molecular formula is C21H19ClN4O2. The molecule has 6 nitrogen and oxygen atoms in total. The minimum absolute atomic E-state index is 0.108. The van der Waals surface area contributed by atoms with Gasteiger partial charge in [-0.2, -0.15) is 0 Å². The molecule has 28 heavy (non-hydrogen) atoms. The van der Waals surface area contributed by atoms with Crippen molar-refractivity contribution in [3.63, 3.8) is 0 Å². The monoisotopic (exact) mass is 394 g/mol. The molecule has 0 radical (unpaired) electrons. The number of aryl methyl sites for hydroxylation is 1. The van der Waals surface area contributed by atoms with Gasteiger partial charge >= 0.3 is 0 Å². The Labute approximate surface area is 166 Å². The van der Waals surface area contributed by atoms with Gasteiger partial charge in [-0.3, -0.25) is 9.59 Å². The first-order chi connectivity index (χ1) is 13.6. The van der Waals surface area contributed by atoms with Gasteiger partial charge < -0.3 is 14.9 Å². The molecule has 0 saturated carbocycles. The fraction of sp³-hybridized carbons (Fsp3) is 0.190. The van der Waals surface area contributed by atoms with E-state index < -0.39 is 0 Å². The molecule has 0 bridgehead atoms. The van der Waals surface area contributed by atoms with E-state index in [0.717, 1.165) is 16.4 Å². The lowest BCUT2D eigenvalue weighted by atomic mass is 10.2. The first-order valence-corrected chi connectivity index (χ1v) is 9.47. The van der Waals surface area contributed by atoms with Gasteiger partial charge in [-0.1, -0.05) is 29.8 Å². The summed E-state index contributed by atoms with van der Waals surface area (Å²) in [6, 6.07) is 15.1. The Kier molecular flexibility index (Phi) is 5.12. The first-order valence-electron chi connectivity index (χ1n) is 9.09. The van der Waals surface area contributed by atoms with Crippen molar-refractivity contribution in [3.05, 3.63) is 75.8 Å². The summed E-state index contributed by atoms with van der Waals surface area (Å²) in [5.41, 5.74) is 2.58. The molecule has 0 atom stereocenters. The molecule has 2 heterocycles. The number of hydrogen-bond acceptors (Lipinski definition) is 3. The molecule has 0 aliphatic carbocycles. The van der Waals surface area contributed by atoms with Crippen LogP contribution >= 0.6 is 11.6 Å². The van der Waals surface area contributed by atoms with E-state index in [4.69, 9.17) is 11.6 Å². The minimum atomic E-state index is -0.248. The first kappa shape index (κ1) is 18.3. The van der Waals surface area contributed by atoms with E-state index in [2.05, 4.69) is 19.9 Å². The summed E-state index contributed by atoms with van der Waals surface area (Å²) in [7, 11) is 0. The van der Waals surface area contributed by atoms with Crippen molar-refractivity contribution in [3.8, 4) is 0 Å². The van der Waals surface area contributed by atoms with Crippen LogP contribution in [0.4, 0.5) is 0 Å². The highest BCUT2D eigenvalue weighted by Gasteiger charge is 2.08. The summed E-state index contributed by atoms with van der Waals surface area (Å²) >= 11 is 6.06. The third-order valence-electron chi connectivity index (χ3n) is 4.67.